The van der Waals surface area contributed by atoms with Gasteiger partial charge in [-0.15, -0.1) is 0 Å². The Hall–Kier alpha value is -3.76. The van der Waals surface area contributed by atoms with Gasteiger partial charge < -0.3 is 20.1 Å². The summed E-state index contributed by atoms with van der Waals surface area (Å²) >= 11 is 0. The maximum absolute atomic E-state index is 12.5. The van der Waals surface area contributed by atoms with Gasteiger partial charge in [-0.05, 0) is 44.0 Å². The molecule has 1 saturated carbocycles. The maximum Gasteiger partial charge on any atom is 0.387 e. The van der Waals surface area contributed by atoms with Crippen LogP contribution in [0.3, 0.4) is 0 Å². The van der Waals surface area contributed by atoms with Crippen molar-refractivity contribution in [2.45, 2.75) is 38.5 Å². The van der Waals surface area contributed by atoms with E-state index in [4.69, 9.17) is 4.74 Å². The van der Waals surface area contributed by atoms with Crippen LogP contribution in [0, 0.1) is 10.1 Å². The molecule has 2 aromatic carbocycles. The Morgan fingerprint density at radius 2 is 1.87 bits per heavy atom. The fourth-order valence-electron chi connectivity index (χ4n) is 2.66. The molecule has 0 aromatic heterocycles. The Bertz CT molecular complexity index is 997. The molecule has 1 atom stereocenters. The van der Waals surface area contributed by atoms with Gasteiger partial charge in [0.05, 0.1) is 16.2 Å². The third kappa shape index (κ3) is 5.87. The molecule has 0 radical (unpaired) electrons. The lowest BCUT2D eigenvalue weighted by Gasteiger charge is -2.16. The van der Waals surface area contributed by atoms with E-state index in [2.05, 4.69) is 15.4 Å². The normalized spacial score (nSPS) is 13.9. The third-order valence-corrected chi connectivity index (χ3v) is 4.38. The molecule has 31 heavy (non-hydrogen) atoms. The van der Waals surface area contributed by atoms with Crippen molar-refractivity contribution >= 4 is 28.9 Å². The van der Waals surface area contributed by atoms with Gasteiger partial charge in [0.15, 0.2) is 6.10 Å². The van der Waals surface area contributed by atoms with E-state index in [0.29, 0.717) is 5.69 Å². The van der Waals surface area contributed by atoms with Crippen molar-refractivity contribution < 1.29 is 32.8 Å². The molecule has 0 spiro atoms. The van der Waals surface area contributed by atoms with Crippen LogP contribution in [-0.4, -0.2) is 35.6 Å². The highest BCUT2D eigenvalue weighted by atomic mass is 19.3. The molecule has 164 valence electrons. The predicted octanol–water partition coefficient (Wildman–Crippen LogP) is 3.95. The number of benzene rings is 2. The van der Waals surface area contributed by atoms with E-state index >= 15 is 0 Å². The smallest absolute Gasteiger partial charge is 0.387 e. The van der Waals surface area contributed by atoms with Gasteiger partial charge in [-0.1, -0.05) is 12.1 Å². The van der Waals surface area contributed by atoms with E-state index in [-0.39, 0.29) is 28.7 Å². The average molecular weight is 435 g/mol. The molecule has 2 aromatic rings. The van der Waals surface area contributed by atoms with Crippen molar-refractivity contribution in [1.82, 2.24) is 0 Å². The third-order valence-electron chi connectivity index (χ3n) is 4.38. The lowest BCUT2D eigenvalue weighted by atomic mass is 10.1. The van der Waals surface area contributed by atoms with Crippen LogP contribution < -0.4 is 15.4 Å². The summed E-state index contributed by atoms with van der Waals surface area (Å²) in [6, 6.07) is 9.56. The maximum atomic E-state index is 12.5. The standard InChI is InChI=1S/C20H19F2N3O6/c1-11(18(26)24-15-4-2-3-5-17(15)31-20(21)22)30-19(27)12-6-9-14(23-13-7-8-13)16(10-12)25(28)29/h2-6,9-11,13,20,23H,7-8H2,1H3,(H,24,26). The Morgan fingerprint density at radius 1 is 1.16 bits per heavy atom. The minimum atomic E-state index is -3.08. The molecule has 1 unspecified atom stereocenters. The number of para-hydroxylation sites is 2. The van der Waals surface area contributed by atoms with Crippen molar-refractivity contribution in [2.75, 3.05) is 10.6 Å². The summed E-state index contributed by atoms with van der Waals surface area (Å²) in [5.74, 6) is -1.99. The van der Waals surface area contributed by atoms with Crippen molar-refractivity contribution in [1.29, 1.82) is 0 Å². The molecule has 0 bridgehead atoms. The number of hydrogen-bond donors (Lipinski definition) is 2. The molecule has 1 amide bonds. The van der Waals surface area contributed by atoms with Crippen LogP contribution in [-0.2, 0) is 9.53 Å². The fourth-order valence-corrected chi connectivity index (χ4v) is 2.66. The van der Waals surface area contributed by atoms with Crippen LogP contribution in [0.4, 0.5) is 25.8 Å². The van der Waals surface area contributed by atoms with E-state index < -0.39 is 29.5 Å². The summed E-state index contributed by atoms with van der Waals surface area (Å²) in [6.45, 7) is -1.80. The monoisotopic (exact) mass is 435 g/mol. The van der Waals surface area contributed by atoms with E-state index in [9.17, 15) is 28.5 Å². The number of nitrogens with zero attached hydrogens (tertiary/aromatic N) is 1. The number of rotatable bonds is 9. The lowest BCUT2D eigenvalue weighted by molar-refractivity contribution is -0.384. The van der Waals surface area contributed by atoms with Crippen LogP contribution in [0.2, 0.25) is 0 Å². The number of nitrogens with one attached hydrogen (secondary N) is 2. The molecule has 3 rings (SSSR count). The first-order valence-corrected chi connectivity index (χ1v) is 9.35. The first-order chi connectivity index (χ1) is 14.7. The number of amides is 1. The minimum absolute atomic E-state index is 0.0261. The molecule has 0 aliphatic heterocycles. The van der Waals surface area contributed by atoms with E-state index in [1.165, 1.54) is 43.3 Å². The van der Waals surface area contributed by atoms with Gasteiger partial charge in [-0.3, -0.25) is 14.9 Å². The molecule has 0 saturated heterocycles. The number of carbonyl (C=O) groups is 2. The quantitative estimate of drug-likeness (QED) is 0.348. The van der Waals surface area contributed by atoms with Gasteiger partial charge in [-0.2, -0.15) is 8.78 Å². The number of carbonyl (C=O) groups excluding carboxylic acids is 2. The van der Waals surface area contributed by atoms with Gasteiger partial charge in [0.2, 0.25) is 0 Å². The first-order valence-electron chi connectivity index (χ1n) is 9.35. The zero-order valence-corrected chi connectivity index (χ0v) is 16.3. The van der Waals surface area contributed by atoms with Gasteiger partial charge >= 0.3 is 12.6 Å². The number of alkyl halides is 2. The highest BCUT2D eigenvalue weighted by Crippen LogP contribution is 2.32. The molecule has 11 heteroatoms. The summed E-state index contributed by atoms with van der Waals surface area (Å²) in [4.78, 5) is 35.4. The Morgan fingerprint density at radius 3 is 2.52 bits per heavy atom. The lowest BCUT2D eigenvalue weighted by Crippen LogP contribution is -2.30. The van der Waals surface area contributed by atoms with Crippen LogP contribution in [0.5, 0.6) is 5.75 Å². The highest BCUT2D eigenvalue weighted by Gasteiger charge is 2.27. The molecule has 1 aliphatic rings. The number of nitro benzene ring substituents is 1. The number of halogens is 2. The number of anilines is 2. The molecular weight excluding hydrogens is 416 g/mol. The molecular formula is C20H19F2N3O6. The summed E-state index contributed by atoms with van der Waals surface area (Å²) in [6.07, 6.45) is 0.522. The fraction of sp³-hybridized carbons (Fsp3) is 0.300. The minimum Gasteiger partial charge on any atom is -0.449 e. The molecule has 1 aliphatic carbocycles. The van der Waals surface area contributed by atoms with E-state index in [0.717, 1.165) is 18.9 Å². The zero-order valence-electron chi connectivity index (χ0n) is 16.3. The average Bonchev–Trinajstić information content (AvgIpc) is 3.53. The SMILES string of the molecule is CC(OC(=O)c1ccc(NC2CC2)c([N+](=O)[O-])c1)C(=O)Nc1ccccc1OC(F)F. The van der Waals surface area contributed by atoms with Crippen LogP contribution in [0.15, 0.2) is 42.5 Å². The molecule has 9 nitrogen and oxygen atoms in total. The van der Waals surface area contributed by atoms with Crippen molar-refractivity contribution in [3.63, 3.8) is 0 Å². The summed E-state index contributed by atoms with van der Waals surface area (Å²) < 4.78 is 34.4. The molecule has 1 fully saturated rings. The Labute approximate surface area is 175 Å². The van der Waals surface area contributed by atoms with E-state index in [1.54, 1.807) is 0 Å². The summed E-state index contributed by atoms with van der Waals surface area (Å²) in [5.41, 5.74) is -0.113. The van der Waals surface area contributed by atoms with Crippen molar-refractivity contribution in [3.05, 3.63) is 58.1 Å². The summed E-state index contributed by atoms with van der Waals surface area (Å²) in [7, 11) is 0. The van der Waals surface area contributed by atoms with Crippen LogP contribution >= 0.6 is 0 Å². The predicted molar refractivity (Wildman–Crippen MR) is 106 cm³/mol. The number of esters is 1. The molecule has 0 heterocycles. The first kappa shape index (κ1) is 21.9. The largest absolute Gasteiger partial charge is 0.449 e. The number of hydrogen-bond acceptors (Lipinski definition) is 7. The zero-order chi connectivity index (χ0) is 22.5. The number of nitro groups is 1. The van der Waals surface area contributed by atoms with Gasteiger partial charge in [0.25, 0.3) is 11.6 Å². The van der Waals surface area contributed by atoms with E-state index in [1.807, 2.05) is 0 Å². The van der Waals surface area contributed by atoms with Gasteiger partial charge in [0, 0.05) is 12.1 Å². The highest BCUT2D eigenvalue weighted by molar-refractivity contribution is 5.98. The van der Waals surface area contributed by atoms with Crippen LogP contribution in [0.25, 0.3) is 0 Å². The second kappa shape index (κ2) is 9.37. The second-order valence-electron chi connectivity index (χ2n) is 6.82. The summed E-state index contributed by atoms with van der Waals surface area (Å²) in [5, 5.41) is 16.7. The Kier molecular flexibility index (Phi) is 6.63. The number of ether oxygens (including phenoxy) is 2. The second-order valence-corrected chi connectivity index (χ2v) is 6.82. The molecule has 2 N–H and O–H groups in total. The topological polar surface area (TPSA) is 120 Å². The van der Waals surface area contributed by atoms with Gasteiger partial charge in [0.1, 0.15) is 11.4 Å². The van der Waals surface area contributed by atoms with Crippen molar-refractivity contribution in [3.8, 4) is 5.75 Å². The van der Waals surface area contributed by atoms with Gasteiger partial charge in [-0.25, -0.2) is 4.79 Å². The van der Waals surface area contributed by atoms with Crippen molar-refractivity contribution in [2.24, 2.45) is 0 Å². The van der Waals surface area contributed by atoms with Crippen LogP contribution in [0.1, 0.15) is 30.1 Å². The Balaban J connectivity index is 1.67.